The van der Waals surface area contributed by atoms with Gasteiger partial charge in [-0.3, -0.25) is 4.79 Å². The van der Waals surface area contributed by atoms with Crippen molar-refractivity contribution in [3.05, 3.63) is 78.6 Å². The van der Waals surface area contributed by atoms with Crippen LogP contribution < -0.4 is 4.90 Å². The maximum absolute atomic E-state index is 13.3. The molecule has 1 aromatic heterocycles. The molecular weight excluding hydrogens is 408 g/mol. The molecule has 2 aliphatic rings. The average Bonchev–Trinajstić information content (AvgIpc) is 2.90. The Kier molecular flexibility index (Phi) is 6.66. The number of amides is 1. The molecule has 3 aromatic rings. The van der Waals surface area contributed by atoms with Crippen LogP contribution in [0.1, 0.15) is 31.2 Å². The number of anilines is 1. The van der Waals surface area contributed by atoms with Crippen LogP contribution in [0.4, 0.5) is 5.82 Å². The van der Waals surface area contributed by atoms with E-state index in [4.69, 9.17) is 0 Å². The molecule has 0 saturated carbocycles. The summed E-state index contributed by atoms with van der Waals surface area (Å²) >= 11 is 0. The molecular formula is C28H32N4O. The summed E-state index contributed by atoms with van der Waals surface area (Å²) in [6, 6.07) is 23.0. The van der Waals surface area contributed by atoms with Crippen LogP contribution in [0.3, 0.4) is 0 Å². The second kappa shape index (κ2) is 10.2. The fourth-order valence-corrected chi connectivity index (χ4v) is 5.24. The zero-order valence-electron chi connectivity index (χ0n) is 19.1. The summed E-state index contributed by atoms with van der Waals surface area (Å²) in [6.45, 7) is 3.46. The molecule has 170 valence electrons. The van der Waals surface area contributed by atoms with E-state index in [2.05, 4.69) is 68.3 Å². The molecule has 5 rings (SSSR count). The minimum Gasteiger partial charge on any atom is -0.356 e. The van der Waals surface area contributed by atoms with Crippen molar-refractivity contribution in [1.82, 2.24) is 14.9 Å². The SMILES string of the molecule is O=C(C1CCCN(c2cc(-c3ccccc3)ncn2)C1)N1CCC(Cc2ccccc2)CC1. The molecule has 2 fully saturated rings. The Morgan fingerprint density at radius 3 is 2.36 bits per heavy atom. The third-order valence-corrected chi connectivity index (χ3v) is 7.11. The molecule has 1 unspecified atom stereocenters. The van der Waals surface area contributed by atoms with E-state index in [0.717, 1.165) is 75.4 Å². The minimum absolute atomic E-state index is 0.0552. The number of aromatic nitrogens is 2. The predicted molar refractivity (Wildman–Crippen MR) is 132 cm³/mol. The van der Waals surface area contributed by atoms with Crippen LogP contribution in [0.2, 0.25) is 0 Å². The maximum Gasteiger partial charge on any atom is 0.227 e. The lowest BCUT2D eigenvalue weighted by Gasteiger charge is -2.38. The highest BCUT2D eigenvalue weighted by Crippen LogP contribution is 2.28. The lowest BCUT2D eigenvalue weighted by molar-refractivity contribution is -0.137. The largest absolute Gasteiger partial charge is 0.356 e. The van der Waals surface area contributed by atoms with Gasteiger partial charge in [0.15, 0.2) is 0 Å². The average molecular weight is 441 g/mol. The van der Waals surface area contributed by atoms with Crippen LogP contribution in [0.25, 0.3) is 11.3 Å². The van der Waals surface area contributed by atoms with Crippen molar-refractivity contribution >= 4 is 11.7 Å². The lowest BCUT2D eigenvalue weighted by atomic mass is 9.89. The summed E-state index contributed by atoms with van der Waals surface area (Å²) in [5.41, 5.74) is 3.42. The van der Waals surface area contributed by atoms with Gasteiger partial charge in [0.05, 0.1) is 11.6 Å². The molecule has 2 aromatic carbocycles. The normalized spacial score (nSPS) is 19.5. The zero-order chi connectivity index (χ0) is 22.5. The van der Waals surface area contributed by atoms with E-state index < -0.39 is 0 Å². The summed E-state index contributed by atoms with van der Waals surface area (Å²) < 4.78 is 0. The summed E-state index contributed by atoms with van der Waals surface area (Å²) in [5.74, 6) is 1.98. The minimum atomic E-state index is 0.0552. The number of rotatable bonds is 5. The molecule has 3 heterocycles. The Hall–Kier alpha value is -3.21. The fourth-order valence-electron chi connectivity index (χ4n) is 5.24. The molecule has 33 heavy (non-hydrogen) atoms. The van der Waals surface area contributed by atoms with E-state index in [1.807, 2.05) is 18.2 Å². The van der Waals surface area contributed by atoms with Crippen LogP contribution in [0, 0.1) is 11.8 Å². The second-order valence-electron chi connectivity index (χ2n) is 9.37. The molecule has 2 saturated heterocycles. The summed E-state index contributed by atoms with van der Waals surface area (Å²) in [6.07, 6.45) is 6.95. The Morgan fingerprint density at radius 2 is 1.61 bits per heavy atom. The van der Waals surface area contributed by atoms with Crippen molar-refractivity contribution in [2.24, 2.45) is 11.8 Å². The number of likely N-dealkylation sites (tertiary alicyclic amines) is 1. The van der Waals surface area contributed by atoms with E-state index in [1.54, 1.807) is 6.33 Å². The van der Waals surface area contributed by atoms with E-state index >= 15 is 0 Å². The van der Waals surface area contributed by atoms with Crippen LogP contribution in [-0.2, 0) is 11.2 Å². The first-order chi connectivity index (χ1) is 16.3. The fraction of sp³-hybridized carbons (Fsp3) is 0.393. The van der Waals surface area contributed by atoms with Gasteiger partial charge in [0.25, 0.3) is 0 Å². The van der Waals surface area contributed by atoms with E-state index in [1.165, 1.54) is 5.56 Å². The molecule has 0 radical (unpaired) electrons. The smallest absolute Gasteiger partial charge is 0.227 e. The van der Waals surface area contributed by atoms with Crippen LogP contribution >= 0.6 is 0 Å². The monoisotopic (exact) mass is 440 g/mol. The molecule has 5 heteroatoms. The number of hydrogen-bond donors (Lipinski definition) is 0. The highest BCUT2D eigenvalue weighted by Gasteiger charge is 2.32. The number of piperidine rings is 2. The van der Waals surface area contributed by atoms with Gasteiger partial charge in [-0.05, 0) is 43.6 Å². The third-order valence-electron chi connectivity index (χ3n) is 7.11. The molecule has 2 aliphatic heterocycles. The van der Waals surface area contributed by atoms with Crippen molar-refractivity contribution in [3.63, 3.8) is 0 Å². The first kappa shape index (κ1) is 21.6. The Balaban J connectivity index is 1.19. The number of hydrogen-bond acceptors (Lipinski definition) is 4. The van der Waals surface area contributed by atoms with Gasteiger partial charge in [0.2, 0.25) is 5.91 Å². The van der Waals surface area contributed by atoms with Gasteiger partial charge < -0.3 is 9.80 Å². The quantitative estimate of drug-likeness (QED) is 0.570. The standard InChI is InChI=1S/C28H32N4O/c33-28(31-16-13-23(14-17-31)18-22-8-3-1-4-9-22)25-12-7-15-32(20-25)27-19-26(29-21-30-27)24-10-5-2-6-11-24/h1-6,8-11,19,21,23,25H,7,12-18,20H2. The molecule has 0 bridgehead atoms. The molecule has 0 N–H and O–H groups in total. The van der Waals surface area contributed by atoms with Gasteiger partial charge in [-0.1, -0.05) is 60.7 Å². The Labute approximate surface area is 196 Å². The highest BCUT2D eigenvalue weighted by molar-refractivity contribution is 5.80. The van der Waals surface area contributed by atoms with E-state index in [-0.39, 0.29) is 5.92 Å². The predicted octanol–water partition coefficient (Wildman–Crippen LogP) is 4.84. The van der Waals surface area contributed by atoms with Crippen molar-refractivity contribution < 1.29 is 4.79 Å². The summed E-state index contributed by atoms with van der Waals surface area (Å²) in [5, 5.41) is 0. The summed E-state index contributed by atoms with van der Waals surface area (Å²) in [4.78, 5) is 26.7. The van der Waals surface area contributed by atoms with Gasteiger partial charge >= 0.3 is 0 Å². The van der Waals surface area contributed by atoms with Crippen molar-refractivity contribution in [3.8, 4) is 11.3 Å². The van der Waals surface area contributed by atoms with Gasteiger partial charge in [-0.25, -0.2) is 9.97 Å². The molecule has 0 spiro atoms. The molecule has 1 amide bonds. The number of carbonyl (C=O) groups excluding carboxylic acids is 1. The van der Waals surface area contributed by atoms with Crippen molar-refractivity contribution in [2.45, 2.75) is 32.1 Å². The number of benzene rings is 2. The summed E-state index contributed by atoms with van der Waals surface area (Å²) in [7, 11) is 0. The lowest BCUT2D eigenvalue weighted by Crippen LogP contribution is -2.47. The first-order valence-corrected chi connectivity index (χ1v) is 12.2. The van der Waals surface area contributed by atoms with Crippen LogP contribution in [0.15, 0.2) is 73.1 Å². The highest BCUT2D eigenvalue weighted by atomic mass is 16.2. The topological polar surface area (TPSA) is 49.3 Å². The molecule has 5 nitrogen and oxygen atoms in total. The van der Waals surface area contributed by atoms with Crippen LogP contribution in [0.5, 0.6) is 0 Å². The third kappa shape index (κ3) is 5.24. The van der Waals surface area contributed by atoms with Crippen molar-refractivity contribution in [1.29, 1.82) is 0 Å². The van der Waals surface area contributed by atoms with E-state index in [9.17, 15) is 4.79 Å². The Bertz CT molecular complexity index is 1050. The molecule has 1 atom stereocenters. The number of carbonyl (C=O) groups is 1. The maximum atomic E-state index is 13.3. The number of nitrogens with zero attached hydrogens (tertiary/aromatic N) is 4. The molecule has 0 aliphatic carbocycles. The van der Waals surface area contributed by atoms with Gasteiger partial charge in [0, 0.05) is 37.8 Å². The van der Waals surface area contributed by atoms with Gasteiger partial charge in [-0.2, -0.15) is 0 Å². The zero-order valence-corrected chi connectivity index (χ0v) is 19.1. The van der Waals surface area contributed by atoms with E-state index in [0.29, 0.717) is 11.8 Å². The van der Waals surface area contributed by atoms with Crippen molar-refractivity contribution in [2.75, 3.05) is 31.1 Å². The first-order valence-electron chi connectivity index (χ1n) is 12.2. The Morgan fingerprint density at radius 1 is 0.879 bits per heavy atom. The van der Waals surface area contributed by atoms with Crippen LogP contribution in [-0.4, -0.2) is 47.0 Å². The van der Waals surface area contributed by atoms with Gasteiger partial charge in [0.1, 0.15) is 12.1 Å². The second-order valence-corrected chi connectivity index (χ2v) is 9.37. The van der Waals surface area contributed by atoms with Gasteiger partial charge in [-0.15, -0.1) is 0 Å².